The van der Waals surface area contributed by atoms with E-state index < -0.39 is 6.61 Å². The minimum atomic E-state index is -2.86. The van der Waals surface area contributed by atoms with Gasteiger partial charge >= 0.3 is 6.61 Å². The normalized spacial score (nSPS) is 11.9. The van der Waals surface area contributed by atoms with E-state index in [1.807, 2.05) is 44.2 Å². The molecule has 0 bridgehead atoms. The van der Waals surface area contributed by atoms with Gasteiger partial charge in [-0.15, -0.1) is 0 Å². The summed E-state index contributed by atoms with van der Waals surface area (Å²) in [6.07, 6.45) is 0. The molecule has 2 aromatic carbocycles. The maximum atomic E-state index is 12.6. The molecule has 0 aliphatic carbocycles. The third kappa shape index (κ3) is 5.22. The van der Waals surface area contributed by atoms with Gasteiger partial charge in [-0.3, -0.25) is 4.99 Å². The number of nitrogens with one attached hydrogen (secondary N) is 2. The number of imidazole rings is 1. The summed E-state index contributed by atoms with van der Waals surface area (Å²) in [6, 6.07) is 13.1. The Labute approximate surface area is 168 Å². The van der Waals surface area contributed by atoms with Crippen molar-refractivity contribution in [3.8, 4) is 5.75 Å². The number of halogens is 2. The molecule has 0 aliphatic rings. The fourth-order valence-electron chi connectivity index (χ4n) is 3.22. The number of benzene rings is 2. The van der Waals surface area contributed by atoms with E-state index in [4.69, 9.17) is 0 Å². The molecule has 0 fully saturated rings. The summed E-state index contributed by atoms with van der Waals surface area (Å²) >= 11 is 0. The zero-order chi connectivity index (χ0) is 20.8. The lowest BCUT2D eigenvalue weighted by Gasteiger charge is -2.15. The molecule has 0 amide bonds. The summed E-state index contributed by atoms with van der Waals surface area (Å²) in [7, 11) is 1.67. The number of aryl methyl sites for hydroxylation is 2. The van der Waals surface area contributed by atoms with Crippen LogP contribution in [0.25, 0.3) is 11.0 Å². The standard InChI is InChI=1S/C21H25F2N5O/c1-14-8-9-19(29-20(22)23)16(12-14)13-26-21(24-3)25-10-11-28-15(2)27-17-6-4-5-7-18(17)28/h4-9,12,20H,10-11,13H2,1-3H3,(H2,24,25,26). The van der Waals surface area contributed by atoms with Crippen LogP contribution in [0.15, 0.2) is 47.5 Å². The highest BCUT2D eigenvalue weighted by Gasteiger charge is 2.11. The molecule has 0 atom stereocenters. The van der Waals surface area contributed by atoms with Crippen LogP contribution < -0.4 is 15.4 Å². The Kier molecular flexibility index (Phi) is 6.64. The van der Waals surface area contributed by atoms with Gasteiger partial charge in [0.1, 0.15) is 11.6 Å². The molecule has 3 aromatic rings. The first-order valence-corrected chi connectivity index (χ1v) is 9.38. The van der Waals surface area contributed by atoms with Crippen molar-refractivity contribution in [3.63, 3.8) is 0 Å². The molecule has 154 valence electrons. The highest BCUT2D eigenvalue weighted by atomic mass is 19.3. The van der Waals surface area contributed by atoms with Gasteiger partial charge < -0.3 is 19.9 Å². The summed E-state index contributed by atoms with van der Waals surface area (Å²) in [5.74, 6) is 1.69. The third-order valence-corrected chi connectivity index (χ3v) is 4.58. The van der Waals surface area contributed by atoms with Gasteiger partial charge in [0.2, 0.25) is 0 Å². The number of nitrogens with zero attached hydrogens (tertiary/aromatic N) is 3. The van der Waals surface area contributed by atoms with Gasteiger partial charge in [-0.2, -0.15) is 8.78 Å². The third-order valence-electron chi connectivity index (χ3n) is 4.58. The van der Waals surface area contributed by atoms with Crippen LogP contribution in [0.2, 0.25) is 0 Å². The van der Waals surface area contributed by atoms with Crippen molar-refractivity contribution in [1.29, 1.82) is 0 Å². The molecule has 29 heavy (non-hydrogen) atoms. The fraction of sp³-hybridized carbons (Fsp3) is 0.333. The number of alkyl halides is 2. The molecule has 0 radical (unpaired) electrons. The van der Waals surface area contributed by atoms with Crippen LogP contribution in [0.5, 0.6) is 5.75 Å². The second kappa shape index (κ2) is 9.36. The van der Waals surface area contributed by atoms with Crippen molar-refractivity contribution < 1.29 is 13.5 Å². The van der Waals surface area contributed by atoms with Crippen molar-refractivity contribution in [2.45, 2.75) is 33.5 Å². The number of hydrogen-bond donors (Lipinski definition) is 2. The maximum absolute atomic E-state index is 12.6. The Morgan fingerprint density at radius 2 is 1.97 bits per heavy atom. The van der Waals surface area contributed by atoms with Crippen LogP contribution in [0.4, 0.5) is 8.78 Å². The molecular weight excluding hydrogens is 376 g/mol. The molecule has 1 heterocycles. The summed E-state index contributed by atoms with van der Waals surface area (Å²) in [5.41, 5.74) is 3.67. The monoisotopic (exact) mass is 401 g/mol. The fourth-order valence-corrected chi connectivity index (χ4v) is 3.22. The number of hydrogen-bond acceptors (Lipinski definition) is 3. The van der Waals surface area contributed by atoms with E-state index in [0.717, 1.165) is 29.0 Å². The van der Waals surface area contributed by atoms with Gasteiger partial charge in [0.05, 0.1) is 11.0 Å². The van der Waals surface area contributed by atoms with Crippen molar-refractivity contribution in [1.82, 2.24) is 20.2 Å². The quantitative estimate of drug-likeness (QED) is 0.469. The number of para-hydroxylation sites is 2. The largest absolute Gasteiger partial charge is 0.434 e. The Bertz CT molecular complexity index is 1000. The molecule has 3 rings (SSSR count). The van der Waals surface area contributed by atoms with Crippen LogP contribution in [-0.4, -0.2) is 35.7 Å². The van der Waals surface area contributed by atoms with E-state index in [9.17, 15) is 8.78 Å². The first-order valence-electron chi connectivity index (χ1n) is 9.38. The van der Waals surface area contributed by atoms with Crippen molar-refractivity contribution in [3.05, 3.63) is 59.4 Å². The first-order chi connectivity index (χ1) is 14.0. The predicted octanol–water partition coefficient (Wildman–Crippen LogP) is 3.62. The lowest BCUT2D eigenvalue weighted by Crippen LogP contribution is -2.38. The average Bonchev–Trinajstić information content (AvgIpc) is 3.01. The number of aliphatic imine (C=N–C) groups is 1. The van der Waals surface area contributed by atoms with Crippen molar-refractivity contribution in [2.75, 3.05) is 13.6 Å². The lowest BCUT2D eigenvalue weighted by molar-refractivity contribution is -0.0504. The van der Waals surface area contributed by atoms with E-state index in [1.165, 1.54) is 0 Å². The number of fused-ring (bicyclic) bond motifs is 1. The van der Waals surface area contributed by atoms with Crippen LogP contribution in [0.1, 0.15) is 17.0 Å². The number of guanidine groups is 1. The summed E-state index contributed by atoms with van der Waals surface area (Å²) < 4.78 is 32.0. The van der Waals surface area contributed by atoms with Crippen LogP contribution >= 0.6 is 0 Å². The van der Waals surface area contributed by atoms with Gasteiger partial charge in [0.25, 0.3) is 0 Å². The lowest BCUT2D eigenvalue weighted by atomic mass is 10.1. The Morgan fingerprint density at radius 1 is 1.17 bits per heavy atom. The molecule has 0 spiro atoms. The second-order valence-electron chi connectivity index (χ2n) is 6.64. The molecule has 0 unspecified atom stereocenters. The highest BCUT2D eigenvalue weighted by molar-refractivity contribution is 5.79. The summed E-state index contributed by atoms with van der Waals surface area (Å²) in [6.45, 7) is 2.70. The average molecular weight is 401 g/mol. The maximum Gasteiger partial charge on any atom is 0.387 e. The molecule has 8 heteroatoms. The zero-order valence-electron chi connectivity index (χ0n) is 16.7. The second-order valence-corrected chi connectivity index (χ2v) is 6.64. The Morgan fingerprint density at radius 3 is 2.72 bits per heavy atom. The molecule has 2 N–H and O–H groups in total. The van der Waals surface area contributed by atoms with Gasteiger partial charge in [0, 0.05) is 32.2 Å². The Hall–Kier alpha value is -3.16. The number of ether oxygens (including phenoxy) is 1. The van der Waals surface area contributed by atoms with Crippen LogP contribution in [0, 0.1) is 13.8 Å². The van der Waals surface area contributed by atoms with Gasteiger partial charge in [-0.25, -0.2) is 4.98 Å². The van der Waals surface area contributed by atoms with E-state index >= 15 is 0 Å². The zero-order valence-corrected chi connectivity index (χ0v) is 16.7. The highest BCUT2D eigenvalue weighted by Crippen LogP contribution is 2.22. The molecule has 0 saturated carbocycles. The van der Waals surface area contributed by atoms with Gasteiger partial charge in [-0.05, 0) is 32.0 Å². The summed E-state index contributed by atoms with van der Waals surface area (Å²) in [4.78, 5) is 8.76. The molecular formula is C21H25F2N5O. The topological polar surface area (TPSA) is 63.5 Å². The van der Waals surface area contributed by atoms with Gasteiger partial charge in [0.15, 0.2) is 5.96 Å². The first kappa shape index (κ1) is 20.6. The molecule has 0 aliphatic heterocycles. The van der Waals surface area contributed by atoms with Crippen molar-refractivity contribution >= 4 is 17.0 Å². The van der Waals surface area contributed by atoms with Crippen molar-refractivity contribution in [2.24, 2.45) is 4.99 Å². The minimum Gasteiger partial charge on any atom is -0.434 e. The number of rotatable bonds is 7. The van der Waals surface area contributed by atoms with Gasteiger partial charge in [-0.1, -0.05) is 29.8 Å². The van der Waals surface area contributed by atoms with E-state index in [0.29, 0.717) is 24.6 Å². The summed E-state index contributed by atoms with van der Waals surface area (Å²) in [5, 5.41) is 6.39. The van der Waals surface area contributed by atoms with Crippen LogP contribution in [-0.2, 0) is 13.1 Å². The van der Waals surface area contributed by atoms with E-state index in [2.05, 4.69) is 29.9 Å². The molecule has 6 nitrogen and oxygen atoms in total. The number of aromatic nitrogens is 2. The molecule has 0 saturated heterocycles. The van der Waals surface area contributed by atoms with E-state index in [1.54, 1.807) is 19.2 Å². The predicted molar refractivity (Wildman–Crippen MR) is 110 cm³/mol. The molecule has 1 aromatic heterocycles. The van der Waals surface area contributed by atoms with E-state index in [-0.39, 0.29) is 5.75 Å². The smallest absolute Gasteiger partial charge is 0.387 e. The van der Waals surface area contributed by atoms with Crippen LogP contribution in [0.3, 0.4) is 0 Å². The Balaban J connectivity index is 1.59. The SMILES string of the molecule is CN=C(NCCn1c(C)nc2ccccc21)NCc1cc(C)ccc1OC(F)F. The minimum absolute atomic E-state index is 0.161.